The third kappa shape index (κ3) is 4.73. The lowest BCUT2D eigenvalue weighted by Crippen LogP contribution is -2.16. The number of carbonyl (C=O) groups is 3. The van der Waals surface area contributed by atoms with Gasteiger partial charge < -0.3 is 10.1 Å². The minimum absolute atomic E-state index is 0.00295. The first-order valence-electron chi connectivity index (χ1n) is 7.67. The van der Waals surface area contributed by atoms with E-state index in [1.54, 1.807) is 30.3 Å². The number of nitro benzene ring substituents is 1. The fourth-order valence-corrected chi connectivity index (χ4v) is 2.22. The van der Waals surface area contributed by atoms with Crippen LogP contribution in [0.2, 0.25) is 0 Å². The highest BCUT2D eigenvalue weighted by Crippen LogP contribution is 2.25. The minimum atomic E-state index is -0.620. The molecule has 0 saturated heterocycles. The second-order valence-corrected chi connectivity index (χ2v) is 5.31. The van der Waals surface area contributed by atoms with Crippen LogP contribution in [0, 0.1) is 10.1 Å². The molecule has 0 atom stereocenters. The lowest BCUT2D eigenvalue weighted by molar-refractivity contribution is -0.384. The third-order valence-electron chi connectivity index (χ3n) is 3.55. The van der Waals surface area contributed by atoms with Gasteiger partial charge in [-0.1, -0.05) is 30.3 Å². The minimum Gasteiger partial charge on any atom is -0.469 e. The summed E-state index contributed by atoms with van der Waals surface area (Å²) in [7, 11) is 1.22. The van der Waals surface area contributed by atoms with Crippen LogP contribution >= 0.6 is 0 Å². The number of hydrogen-bond donors (Lipinski definition) is 1. The summed E-state index contributed by atoms with van der Waals surface area (Å²) < 4.78 is 4.46. The van der Waals surface area contributed by atoms with E-state index in [0.717, 1.165) is 6.07 Å². The van der Waals surface area contributed by atoms with Crippen LogP contribution in [0.3, 0.4) is 0 Å². The van der Waals surface area contributed by atoms with Gasteiger partial charge in [-0.15, -0.1) is 0 Å². The number of amides is 1. The first-order chi connectivity index (χ1) is 12.4. The van der Waals surface area contributed by atoms with E-state index in [2.05, 4.69) is 10.1 Å². The highest BCUT2D eigenvalue weighted by atomic mass is 16.6. The quantitative estimate of drug-likeness (QED) is 0.353. The SMILES string of the molecule is COC(=O)CCC(=O)Nc1ccc([N+](=O)[O-])cc1C(=O)c1ccccc1. The number of carbonyl (C=O) groups excluding carboxylic acids is 3. The van der Waals surface area contributed by atoms with Gasteiger partial charge in [-0.05, 0) is 6.07 Å². The lowest BCUT2D eigenvalue weighted by atomic mass is 10.0. The largest absolute Gasteiger partial charge is 0.469 e. The highest BCUT2D eigenvalue weighted by molar-refractivity contribution is 6.14. The van der Waals surface area contributed by atoms with Crippen LogP contribution in [0.4, 0.5) is 11.4 Å². The van der Waals surface area contributed by atoms with Crippen LogP contribution < -0.4 is 5.32 Å². The fourth-order valence-electron chi connectivity index (χ4n) is 2.22. The molecule has 26 heavy (non-hydrogen) atoms. The molecular formula is C18H16N2O6. The van der Waals surface area contributed by atoms with Crippen molar-refractivity contribution in [3.8, 4) is 0 Å². The van der Waals surface area contributed by atoms with Crippen molar-refractivity contribution in [1.82, 2.24) is 0 Å². The number of anilines is 1. The number of ketones is 1. The smallest absolute Gasteiger partial charge is 0.306 e. The van der Waals surface area contributed by atoms with Crippen LogP contribution in [0.5, 0.6) is 0 Å². The molecule has 0 aliphatic carbocycles. The highest BCUT2D eigenvalue weighted by Gasteiger charge is 2.19. The summed E-state index contributed by atoms with van der Waals surface area (Å²) in [6, 6.07) is 11.8. The fraction of sp³-hybridized carbons (Fsp3) is 0.167. The molecule has 0 fully saturated rings. The van der Waals surface area contributed by atoms with Crippen molar-refractivity contribution in [2.45, 2.75) is 12.8 Å². The van der Waals surface area contributed by atoms with E-state index in [0.29, 0.717) is 5.56 Å². The van der Waals surface area contributed by atoms with Crippen molar-refractivity contribution >= 4 is 29.0 Å². The number of non-ortho nitro benzene ring substituents is 1. The summed E-state index contributed by atoms with van der Waals surface area (Å²) in [4.78, 5) is 46.2. The Bertz CT molecular complexity index is 848. The van der Waals surface area contributed by atoms with Crippen molar-refractivity contribution < 1.29 is 24.0 Å². The molecule has 0 aliphatic rings. The molecule has 0 spiro atoms. The number of rotatable bonds is 7. The van der Waals surface area contributed by atoms with Crippen molar-refractivity contribution in [3.63, 3.8) is 0 Å². The van der Waals surface area contributed by atoms with Gasteiger partial charge in [0, 0.05) is 24.1 Å². The van der Waals surface area contributed by atoms with Crippen molar-refractivity contribution in [3.05, 3.63) is 69.8 Å². The molecular weight excluding hydrogens is 340 g/mol. The molecule has 0 aromatic heterocycles. The number of nitrogens with zero attached hydrogens (tertiary/aromatic N) is 1. The first-order valence-corrected chi connectivity index (χ1v) is 7.67. The molecule has 8 heteroatoms. The molecule has 2 rings (SSSR count). The predicted molar refractivity (Wildman–Crippen MR) is 92.9 cm³/mol. The summed E-state index contributed by atoms with van der Waals surface area (Å²) in [5.74, 6) is -1.51. The van der Waals surface area contributed by atoms with E-state index in [1.165, 1.54) is 19.2 Å². The maximum atomic E-state index is 12.7. The van der Waals surface area contributed by atoms with E-state index < -0.39 is 22.6 Å². The number of nitrogens with one attached hydrogen (secondary N) is 1. The van der Waals surface area contributed by atoms with Gasteiger partial charge in [0.15, 0.2) is 5.78 Å². The van der Waals surface area contributed by atoms with E-state index in [1.807, 2.05) is 0 Å². The van der Waals surface area contributed by atoms with Gasteiger partial charge >= 0.3 is 5.97 Å². The standard InChI is InChI=1S/C18H16N2O6/c1-26-17(22)10-9-16(21)19-15-8-7-13(20(24)25)11-14(15)18(23)12-5-3-2-4-6-12/h2-8,11H,9-10H2,1H3,(H,19,21). The predicted octanol–water partition coefficient (Wildman–Crippen LogP) is 2.72. The Morgan fingerprint density at radius 1 is 1.08 bits per heavy atom. The summed E-state index contributed by atoms with van der Waals surface area (Å²) in [5, 5.41) is 13.5. The van der Waals surface area contributed by atoms with Crippen LogP contribution in [0.25, 0.3) is 0 Å². The Hall–Kier alpha value is -3.55. The zero-order chi connectivity index (χ0) is 19.1. The lowest BCUT2D eigenvalue weighted by Gasteiger charge is -2.10. The molecule has 0 radical (unpaired) electrons. The van der Waals surface area contributed by atoms with Crippen LogP contribution in [0.1, 0.15) is 28.8 Å². The molecule has 0 heterocycles. The third-order valence-corrected chi connectivity index (χ3v) is 3.55. The van der Waals surface area contributed by atoms with E-state index in [4.69, 9.17) is 0 Å². The second-order valence-electron chi connectivity index (χ2n) is 5.31. The van der Waals surface area contributed by atoms with Gasteiger partial charge in [-0.3, -0.25) is 24.5 Å². The van der Waals surface area contributed by atoms with Crippen LogP contribution in [-0.2, 0) is 14.3 Å². The zero-order valence-electron chi connectivity index (χ0n) is 13.9. The normalized spacial score (nSPS) is 10.0. The van der Waals surface area contributed by atoms with Gasteiger partial charge in [-0.25, -0.2) is 0 Å². The maximum absolute atomic E-state index is 12.7. The Morgan fingerprint density at radius 3 is 2.38 bits per heavy atom. The number of methoxy groups -OCH3 is 1. The average molecular weight is 356 g/mol. The maximum Gasteiger partial charge on any atom is 0.306 e. The second kappa shape index (κ2) is 8.52. The molecule has 1 N–H and O–H groups in total. The topological polar surface area (TPSA) is 116 Å². The number of hydrogen-bond acceptors (Lipinski definition) is 6. The van der Waals surface area contributed by atoms with Gasteiger partial charge in [0.05, 0.1) is 29.7 Å². The van der Waals surface area contributed by atoms with Crippen molar-refractivity contribution in [2.75, 3.05) is 12.4 Å². The molecule has 1 amide bonds. The monoisotopic (exact) mass is 356 g/mol. The number of nitro groups is 1. The van der Waals surface area contributed by atoms with Crippen molar-refractivity contribution in [2.24, 2.45) is 0 Å². The zero-order valence-corrected chi connectivity index (χ0v) is 13.9. The Labute approximate surface area is 148 Å². The van der Waals surface area contributed by atoms with Crippen LogP contribution in [0.15, 0.2) is 48.5 Å². The van der Waals surface area contributed by atoms with Gasteiger partial charge in [0.2, 0.25) is 5.91 Å². The van der Waals surface area contributed by atoms with E-state index in [9.17, 15) is 24.5 Å². The Kier molecular flexibility index (Phi) is 6.15. The van der Waals surface area contributed by atoms with Crippen LogP contribution in [-0.4, -0.2) is 29.7 Å². The molecule has 2 aromatic rings. The number of ether oxygens (including phenoxy) is 1. The van der Waals surface area contributed by atoms with E-state index >= 15 is 0 Å². The Morgan fingerprint density at radius 2 is 1.77 bits per heavy atom. The first kappa shape index (κ1) is 18.8. The van der Waals surface area contributed by atoms with Gasteiger partial charge in [0.25, 0.3) is 5.69 Å². The number of esters is 1. The molecule has 8 nitrogen and oxygen atoms in total. The molecule has 0 bridgehead atoms. The average Bonchev–Trinajstić information content (AvgIpc) is 2.66. The molecule has 134 valence electrons. The molecule has 0 saturated carbocycles. The molecule has 0 unspecified atom stereocenters. The summed E-state index contributed by atoms with van der Waals surface area (Å²) in [6.07, 6.45) is -0.250. The van der Waals surface area contributed by atoms with Crippen molar-refractivity contribution in [1.29, 1.82) is 0 Å². The van der Waals surface area contributed by atoms with Gasteiger partial charge in [-0.2, -0.15) is 0 Å². The Balaban J connectivity index is 2.30. The molecule has 2 aromatic carbocycles. The summed E-state index contributed by atoms with van der Waals surface area (Å²) in [5.41, 5.74) is 0.200. The van der Waals surface area contributed by atoms with E-state index in [-0.39, 0.29) is 29.8 Å². The van der Waals surface area contributed by atoms with Gasteiger partial charge in [0.1, 0.15) is 0 Å². The summed E-state index contributed by atoms with van der Waals surface area (Å²) in [6.45, 7) is 0. The summed E-state index contributed by atoms with van der Waals surface area (Å²) >= 11 is 0. The number of benzene rings is 2. The molecule has 0 aliphatic heterocycles.